The topological polar surface area (TPSA) is 72.2 Å². The molecule has 1 amide bonds. The highest BCUT2D eigenvalue weighted by Gasteiger charge is 2.23. The van der Waals surface area contributed by atoms with Crippen LogP contribution < -0.4 is 11.1 Å². The Morgan fingerprint density at radius 2 is 2.00 bits per heavy atom. The normalized spacial score (nSPS) is 14.3. The Hall–Kier alpha value is -0.880. The summed E-state index contributed by atoms with van der Waals surface area (Å²) in [6.07, 6.45) is 0. The lowest BCUT2D eigenvalue weighted by Crippen LogP contribution is -2.39. The minimum Gasteiger partial charge on any atom is -0.398 e. The number of carbonyl (C=O) groups excluding carboxylic acids is 1. The molecule has 18 heavy (non-hydrogen) atoms. The van der Waals surface area contributed by atoms with E-state index in [-0.39, 0.29) is 11.9 Å². The molecule has 0 radical (unpaired) electrons. The molecule has 0 saturated heterocycles. The number of nitrogens with two attached hydrogens (primary N) is 1. The van der Waals surface area contributed by atoms with E-state index >= 15 is 0 Å². The van der Waals surface area contributed by atoms with Crippen molar-refractivity contribution in [1.82, 2.24) is 5.32 Å². The second-order valence-corrected chi connectivity index (χ2v) is 6.94. The van der Waals surface area contributed by atoms with E-state index in [9.17, 15) is 9.00 Å². The molecule has 3 N–H and O–H groups in total. The van der Waals surface area contributed by atoms with Gasteiger partial charge in [0.05, 0.1) is 15.7 Å². The van der Waals surface area contributed by atoms with E-state index in [0.29, 0.717) is 10.6 Å². The third-order valence-electron chi connectivity index (χ3n) is 2.31. The van der Waals surface area contributed by atoms with Crippen LogP contribution in [0.5, 0.6) is 0 Å². The van der Waals surface area contributed by atoms with Gasteiger partial charge in [0.25, 0.3) is 0 Å². The summed E-state index contributed by atoms with van der Waals surface area (Å²) >= 11 is 3.29. The van der Waals surface area contributed by atoms with Crippen LogP contribution in [0.2, 0.25) is 0 Å². The number of carbonyl (C=O) groups is 1. The first-order chi connectivity index (χ1) is 8.32. The van der Waals surface area contributed by atoms with E-state index in [1.54, 1.807) is 25.1 Å². The molecule has 0 spiro atoms. The van der Waals surface area contributed by atoms with Crippen LogP contribution in [0.4, 0.5) is 5.69 Å². The molecular formula is C12H17BrN2O2S. The molecule has 2 atom stereocenters. The van der Waals surface area contributed by atoms with Gasteiger partial charge in [0.15, 0.2) is 0 Å². The molecule has 4 nitrogen and oxygen atoms in total. The van der Waals surface area contributed by atoms with Crippen LogP contribution in [0, 0.1) is 0 Å². The monoisotopic (exact) mass is 332 g/mol. The number of halogens is 1. The molecule has 0 aromatic heterocycles. The zero-order valence-electron chi connectivity index (χ0n) is 10.6. The maximum Gasteiger partial charge on any atom is 0.236 e. The molecule has 0 aliphatic rings. The van der Waals surface area contributed by atoms with Crippen molar-refractivity contribution < 1.29 is 9.00 Å². The second-order valence-electron chi connectivity index (χ2n) is 4.29. The zero-order chi connectivity index (χ0) is 13.9. The minimum atomic E-state index is -1.45. The van der Waals surface area contributed by atoms with Crippen LogP contribution in [-0.4, -0.2) is 21.4 Å². The van der Waals surface area contributed by atoms with E-state index in [1.165, 1.54) is 0 Å². The van der Waals surface area contributed by atoms with Crippen molar-refractivity contribution in [3.63, 3.8) is 0 Å². The fourth-order valence-electron chi connectivity index (χ4n) is 1.39. The Morgan fingerprint density at radius 1 is 1.39 bits per heavy atom. The molecule has 0 aliphatic heterocycles. The van der Waals surface area contributed by atoms with Gasteiger partial charge >= 0.3 is 0 Å². The Kier molecular flexibility index (Phi) is 5.34. The number of hydrogen-bond acceptors (Lipinski definition) is 3. The number of anilines is 1. The van der Waals surface area contributed by atoms with Gasteiger partial charge in [-0.2, -0.15) is 0 Å². The van der Waals surface area contributed by atoms with E-state index in [2.05, 4.69) is 21.2 Å². The Bertz CT molecular complexity index is 477. The zero-order valence-corrected chi connectivity index (χ0v) is 13.0. The lowest BCUT2D eigenvalue weighted by Gasteiger charge is -2.15. The third kappa shape index (κ3) is 3.81. The van der Waals surface area contributed by atoms with Gasteiger partial charge in [0.2, 0.25) is 5.91 Å². The number of amides is 1. The first kappa shape index (κ1) is 15.2. The Morgan fingerprint density at radius 3 is 2.50 bits per heavy atom. The van der Waals surface area contributed by atoms with Crippen LogP contribution in [0.1, 0.15) is 20.8 Å². The number of nitrogens with one attached hydrogen (secondary N) is 1. The lowest BCUT2D eigenvalue weighted by molar-refractivity contribution is -0.120. The van der Waals surface area contributed by atoms with Gasteiger partial charge in [-0.05, 0) is 39.0 Å². The number of rotatable bonds is 4. The highest BCUT2D eigenvalue weighted by atomic mass is 79.9. The van der Waals surface area contributed by atoms with Gasteiger partial charge in [-0.15, -0.1) is 0 Å². The maximum atomic E-state index is 12.3. The van der Waals surface area contributed by atoms with Crippen molar-refractivity contribution in [3.05, 3.63) is 22.7 Å². The van der Waals surface area contributed by atoms with Crippen molar-refractivity contribution in [1.29, 1.82) is 0 Å². The van der Waals surface area contributed by atoms with Gasteiger partial charge in [-0.1, -0.05) is 15.9 Å². The summed E-state index contributed by atoms with van der Waals surface area (Å²) in [5, 5.41) is 2.11. The molecule has 2 unspecified atom stereocenters. The number of benzene rings is 1. The van der Waals surface area contributed by atoms with Crippen LogP contribution >= 0.6 is 15.9 Å². The molecule has 0 fully saturated rings. The molecular weight excluding hydrogens is 316 g/mol. The maximum absolute atomic E-state index is 12.3. The van der Waals surface area contributed by atoms with Gasteiger partial charge in [-0.25, -0.2) is 0 Å². The summed E-state index contributed by atoms with van der Waals surface area (Å²) in [4.78, 5) is 12.3. The molecule has 1 rings (SSSR count). The summed E-state index contributed by atoms with van der Waals surface area (Å²) in [6, 6.07) is 5.14. The number of hydrogen-bond donors (Lipinski definition) is 2. The molecule has 1 aromatic carbocycles. The van der Waals surface area contributed by atoms with Gasteiger partial charge in [0, 0.05) is 16.2 Å². The quantitative estimate of drug-likeness (QED) is 0.829. The van der Waals surface area contributed by atoms with Crippen molar-refractivity contribution in [2.75, 3.05) is 5.73 Å². The van der Waals surface area contributed by atoms with Crippen LogP contribution in [0.25, 0.3) is 0 Å². The van der Waals surface area contributed by atoms with E-state index < -0.39 is 16.0 Å². The van der Waals surface area contributed by atoms with Crippen molar-refractivity contribution in [3.8, 4) is 0 Å². The molecule has 1 aromatic rings. The third-order valence-corrected chi connectivity index (χ3v) is 4.46. The first-order valence-electron chi connectivity index (χ1n) is 5.59. The van der Waals surface area contributed by atoms with Crippen molar-refractivity contribution >= 4 is 38.3 Å². The highest BCUT2D eigenvalue weighted by molar-refractivity contribution is 9.10. The Balaban J connectivity index is 2.90. The molecule has 100 valence electrons. The molecule has 6 heteroatoms. The van der Waals surface area contributed by atoms with Gasteiger partial charge in [0.1, 0.15) is 5.25 Å². The summed E-state index contributed by atoms with van der Waals surface area (Å²) in [7, 11) is -1.45. The molecule has 0 saturated carbocycles. The minimum absolute atomic E-state index is 0.0271. The average Bonchev–Trinajstić information content (AvgIpc) is 2.26. The highest BCUT2D eigenvalue weighted by Crippen LogP contribution is 2.23. The largest absolute Gasteiger partial charge is 0.398 e. The van der Waals surface area contributed by atoms with Gasteiger partial charge in [-0.3, -0.25) is 9.00 Å². The van der Waals surface area contributed by atoms with Crippen molar-refractivity contribution in [2.24, 2.45) is 0 Å². The van der Waals surface area contributed by atoms with Crippen LogP contribution in [-0.2, 0) is 15.6 Å². The SMILES string of the molecule is CC(C)NC(=O)C(C)S(=O)c1ccc(Br)cc1N. The number of nitrogen functional groups attached to an aromatic ring is 1. The molecule has 0 aliphatic carbocycles. The van der Waals surface area contributed by atoms with Crippen molar-refractivity contribution in [2.45, 2.75) is 37.0 Å². The summed E-state index contributed by atoms with van der Waals surface area (Å²) < 4.78 is 13.1. The van der Waals surface area contributed by atoms with E-state index in [1.807, 2.05) is 13.8 Å². The smallest absolute Gasteiger partial charge is 0.236 e. The molecule has 0 heterocycles. The fourth-order valence-corrected chi connectivity index (χ4v) is 2.91. The summed E-state index contributed by atoms with van der Waals surface area (Å²) in [5.74, 6) is -0.231. The van der Waals surface area contributed by atoms with Crippen LogP contribution in [0.3, 0.4) is 0 Å². The first-order valence-corrected chi connectivity index (χ1v) is 7.59. The lowest BCUT2D eigenvalue weighted by atomic mass is 10.3. The molecule has 0 bridgehead atoms. The van der Waals surface area contributed by atoms with Gasteiger partial charge < -0.3 is 11.1 Å². The average molecular weight is 333 g/mol. The summed E-state index contributed by atoms with van der Waals surface area (Å²) in [5.41, 5.74) is 6.23. The summed E-state index contributed by atoms with van der Waals surface area (Å²) in [6.45, 7) is 5.36. The Labute approximate surface area is 118 Å². The van der Waals surface area contributed by atoms with Crippen LogP contribution in [0.15, 0.2) is 27.6 Å². The fraction of sp³-hybridized carbons (Fsp3) is 0.417. The standard InChI is InChI=1S/C12H17BrN2O2S/c1-7(2)15-12(16)8(3)18(17)11-5-4-9(13)6-10(11)14/h4-8H,14H2,1-3H3,(H,15,16). The van der Waals surface area contributed by atoms with E-state index in [4.69, 9.17) is 5.73 Å². The predicted octanol–water partition coefficient (Wildman–Crippen LogP) is 2.05. The van der Waals surface area contributed by atoms with E-state index in [0.717, 1.165) is 4.47 Å². The predicted molar refractivity (Wildman–Crippen MR) is 77.7 cm³/mol. The second kappa shape index (κ2) is 6.33.